The second kappa shape index (κ2) is 6.36. The first kappa shape index (κ1) is 14.3. The Bertz CT molecular complexity index is 254. The van der Waals surface area contributed by atoms with Gasteiger partial charge in [0.2, 0.25) is 0 Å². The highest BCUT2D eigenvalue weighted by Crippen LogP contribution is 2.26. The van der Waals surface area contributed by atoms with Crippen molar-refractivity contribution in [3.63, 3.8) is 0 Å². The van der Waals surface area contributed by atoms with Crippen LogP contribution in [0.5, 0.6) is 0 Å². The minimum absolute atomic E-state index is 0.587. The van der Waals surface area contributed by atoms with Crippen LogP contribution >= 0.6 is 0 Å². The number of piperidine rings is 1. The quantitative estimate of drug-likeness (QED) is 0.831. The van der Waals surface area contributed by atoms with Gasteiger partial charge in [0.15, 0.2) is 0 Å². The van der Waals surface area contributed by atoms with Crippen molar-refractivity contribution < 1.29 is 0 Å². The van der Waals surface area contributed by atoms with Gasteiger partial charge in [0.05, 0.1) is 0 Å². The average Bonchev–Trinajstić information content (AvgIpc) is 2.35. The van der Waals surface area contributed by atoms with E-state index in [-0.39, 0.29) is 0 Å². The van der Waals surface area contributed by atoms with E-state index in [1.54, 1.807) is 0 Å². The molecule has 0 amide bonds. The number of nitrogens with zero attached hydrogens (tertiary/aromatic N) is 2. The molecule has 2 aliphatic rings. The second-order valence-electron chi connectivity index (χ2n) is 6.71. The van der Waals surface area contributed by atoms with E-state index in [0.29, 0.717) is 12.1 Å². The zero-order chi connectivity index (χ0) is 13.1. The van der Waals surface area contributed by atoms with Gasteiger partial charge in [0, 0.05) is 37.8 Å². The van der Waals surface area contributed by atoms with Crippen molar-refractivity contribution in [2.45, 2.75) is 64.6 Å². The van der Waals surface area contributed by atoms with Crippen molar-refractivity contribution in [1.82, 2.24) is 9.80 Å². The van der Waals surface area contributed by atoms with Crippen LogP contribution in [0, 0.1) is 5.92 Å². The summed E-state index contributed by atoms with van der Waals surface area (Å²) in [5.74, 6) is 0.745. The molecule has 2 heterocycles. The van der Waals surface area contributed by atoms with Gasteiger partial charge in [-0.2, -0.15) is 0 Å². The van der Waals surface area contributed by atoms with Crippen molar-refractivity contribution in [3.8, 4) is 0 Å². The molecule has 0 aromatic rings. The largest absolute Gasteiger partial charge is 0.329 e. The van der Waals surface area contributed by atoms with E-state index in [4.69, 9.17) is 5.73 Å². The van der Waals surface area contributed by atoms with Crippen LogP contribution in [0.4, 0.5) is 0 Å². The molecule has 3 heteroatoms. The molecule has 0 bridgehead atoms. The van der Waals surface area contributed by atoms with Gasteiger partial charge in [-0.25, -0.2) is 0 Å². The summed E-state index contributed by atoms with van der Waals surface area (Å²) in [5.41, 5.74) is 6.03. The van der Waals surface area contributed by atoms with Gasteiger partial charge in [-0.15, -0.1) is 0 Å². The van der Waals surface area contributed by atoms with Crippen molar-refractivity contribution >= 4 is 0 Å². The molecule has 0 spiro atoms. The summed E-state index contributed by atoms with van der Waals surface area (Å²) in [5, 5.41) is 0. The molecule has 2 fully saturated rings. The maximum atomic E-state index is 6.03. The summed E-state index contributed by atoms with van der Waals surface area (Å²) < 4.78 is 0. The van der Waals surface area contributed by atoms with Crippen LogP contribution in [-0.2, 0) is 0 Å². The fourth-order valence-electron chi connectivity index (χ4n) is 3.79. The van der Waals surface area contributed by atoms with Crippen LogP contribution < -0.4 is 5.73 Å². The number of fused-ring (bicyclic) bond motifs is 1. The molecule has 0 saturated carbocycles. The lowest BCUT2D eigenvalue weighted by atomic mass is 9.93. The molecule has 2 N–H and O–H groups in total. The third kappa shape index (κ3) is 3.25. The maximum absolute atomic E-state index is 6.03. The Labute approximate surface area is 113 Å². The fourth-order valence-corrected chi connectivity index (χ4v) is 3.79. The van der Waals surface area contributed by atoms with Crippen molar-refractivity contribution in [2.75, 3.05) is 26.2 Å². The Morgan fingerprint density at radius 3 is 2.67 bits per heavy atom. The minimum Gasteiger partial charge on any atom is -0.329 e. The lowest BCUT2D eigenvalue weighted by Gasteiger charge is -2.50. The van der Waals surface area contributed by atoms with Crippen LogP contribution in [0.15, 0.2) is 0 Å². The van der Waals surface area contributed by atoms with E-state index in [1.165, 1.54) is 45.3 Å². The molecule has 3 nitrogen and oxygen atoms in total. The Morgan fingerprint density at radius 1 is 1.22 bits per heavy atom. The second-order valence-corrected chi connectivity index (χ2v) is 6.71. The Balaban J connectivity index is 1.98. The standard InChI is InChI=1S/C15H31N3/c1-12(2)8-15(9-16)18-11-14-6-4-5-7-17(14)10-13(18)3/h12-15H,4-11,16H2,1-3H3. The Hall–Kier alpha value is -0.120. The molecule has 0 aromatic carbocycles. The molecule has 106 valence electrons. The van der Waals surface area contributed by atoms with E-state index < -0.39 is 0 Å². The van der Waals surface area contributed by atoms with Gasteiger partial charge in [-0.05, 0) is 38.6 Å². The van der Waals surface area contributed by atoms with E-state index in [1.807, 2.05) is 0 Å². The summed E-state index contributed by atoms with van der Waals surface area (Å²) >= 11 is 0. The number of rotatable bonds is 4. The van der Waals surface area contributed by atoms with Crippen LogP contribution in [0.1, 0.15) is 46.5 Å². The Kier molecular flexibility index (Phi) is 5.05. The van der Waals surface area contributed by atoms with Crippen LogP contribution in [0.3, 0.4) is 0 Å². The molecule has 0 radical (unpaired) electrons. The third-order valence-electron chi connectivity index (χ3n) is 4.72. The van der Waals surface area contributed by atoms with Gasteiger partial charge in [-0.3, -0.25) is 9.80 Å². The normalized spacial score (nSPS) is 32.5. The minimum atomic E-state index is 0.587. The molecule has 2 aliphatic heterocycles. The maximum Gasteiger partial charge on any atom is 0.0224 e. The first-order valence-electron chi connectivity index (χ1n) is 7.81. The van der Waals surface area contributed by atoms with E-state index in [0.717, 1.165) is 18.5 Å². The van der Waals surface area contributed by atoms with E-state index in [2.05, 4.69) is 30.6 Å². The molecular formula is C15H31N3. The van der Waals surface area contributed by atoms with Gasteiger partial charge in [-0.1, -0.05) is 20.3 Å². The average molecular weight is 253 g/mol. The zero-order valence-electron chi connectivity index (χ0n) is 12.4. The summed E-state index contributed by atoms with van der Waals surface area (Å²) in [4.78, 5) is 5.42. The van der Waals surface area contributed by atoms with Crippen molar-refractivity contribution in [1.29, 1.82) is 0 Å². The molecule has 3 atom stereocenters. The molecule has 2 saturated heterocycles. The smallest absolute Gasteiger partial charge is 0.0224 e. The van der Waals surface area contributed by atoms with Crippen LogP contribution in [0.2, 0.25) is 0 Å². The van der Waals surface area contributed by atoms with Crippen LogP contribution in [0.25, 0.3) is 0 Å². The lowest BCUT2D eigenvalue weighted by molar-refractivity contribution is -0.0101. The predicted octanol–water partition coefficient (Wildman–Crippen LogP) is 1.92. The van der Waals surface area contributed by atoms with Crippen molar-refractivity contribution in [3.05, 3.63) is 0 Å². The van der Waals surface area contributed by atoms with Gasteiger partial charge >= 0.3 is 0 Å². The third-order valence-corrected chi connectivity index (χ3v) is 4.72. The summed E-state index contributed by atoms with van der Waals surface area (Å²) in [6.07, 6.45) is 5.45. The van der Waals surface area contributed by atoms with Crippen molar-refractivity contribution in [2.24, 2.45) is 11.7 Å². The van der Waals surface area contributed by atoms with Gasteiger partial charge in [0.1, 0.15) is 0 Å². The fraction of sp³-hybridized carbons (Fsp3) is 1.00. The highest BCUT2D eigenvalue weighted by molar-refractivity contribution is 4.92. The number of hydrogen-bond acceptors (Lipinski definition) is 3. The summed E-state index contributed by atoms with van der Waals surface area (Å²) in [6.45, 7) is 11.6. The SMILES string of the molecule is CC(C)CC(CN)N1CC2CCCCN2CC1C. The molecule has 0 aromatic heterocycles. The highest BCUT2D eigenvalue weighted by Gasteiger charge is 2.35. The summed E-state index contributed by atoms with van der Waals surface area (Å²) in [6, 6.07) is 2.06. The van der Waals surface area contributed by atoms with Gasteiger partial charge < -0.3 is 5.73 Å². The topological polar surface area (TPSA) is 32.5 Å². The lowest BCUT2D eigenvalue weighted by Crippen LogP contribution is -2.62. The first-order valence-corrected chi connectivity index (χ1v) is 7.81. The number of hydrogen-bond donors (Lipinski definition) is 1. The Morgan fingerprint density at radius 2 is 2.00 bits per heavy atom. The number of piperazine rings is 1. The molecule has 0 aliphatic carbocycles. The monoisotopic (exact) mass is 253 g/mol. The number of nitrogens with two attached hydrogens (primary N) is 1. The molecule has 18 heavy (non-hydrogen) atoms. The highest BCUT2D eigenvalue weighted by atomic mass is 15.3. The van der Waals surface area contributed by atoms with E-state index in [9.17, 15) is 0 Å². The van der Waals surface area contributed by atoms with Crippen LogP contribution in [-0.4, -0.2) is 54.1 Å². The predicted molar refractivity (Wildman–Crippen MR) is 77.7 cm³/mol. The first-order chi connectivity index (χ1) is 8.61. The zero-order valence-corrected chi connectivity index (χ0v) is 12.4. The van der Waals surface area contributed by atoms with Gasteiger partial charge in [0.25, 0.3) is 0 Å². The molecule has 2 rings (SSSR count). The molecule has 3 unspecified atom stereocenters. The summed E-state index contributed by atoms with van der Waals surface area (Å²) in [7, 11) is 0. The molecular weight excluding hydrogens is 222 g/mol. The van der Waals surface area contributed by atoms with E-state index >= 15 is 0 Å².